The monoisotopic (exact) mass is 289 g/mol. The largest absolute Gasteiger partial charge is 0.370 e. The molecule has 0 aliphatic rings. The number of hydrogen-bond donors (Lipinski definition) is 2. The Hall–Kier alpha value is -1.85. The number of nitrogen functional groups attached to an aromatic ring is 1. The summed E-state index contributed by atoms with van der Waals surface area (Å²) in [7, 11) is 2.05. The Kier molecular flexibility index (Phi) is 4.42. The minimum atomic E-state index is -0.234. The lowest BCUT2D eigenvalue weighted by atomic mass is 10.2. The summed E-state index contributed by atoms with van der Waals surface area (Å²) in [5.41, 5.74) is 5.73. The number of benzene rings is 1. The summed E-state index contributed by atoms with van der Waals surface area (Å²) in [6, 6.07) is 10.3. The van der Waals surface area contributed by atoms with Gasteiger partial charge in [-0.3, -0.25) is 10.2 Å². The van der Waals surface area contributed by atoms with Crippen LogP contribution in [-0.2, 0) is 6.54 Å². The molecule has 5 heteroatoms. The molecule has 20 heavy (non-hydrogen) atoms. The van der Waals surface area contributed by atoms with Gasteiger partial charge >= 0.3 is 0 Å². The number of nitrogens with one attached hydrogen (secondary N) is 1. The first-order valence-corrected chi connectivity index (χ1v) is 7.21. The van der Waals surface area contributed by atoms with E-state index in [1.54, 1.807) is 0 Å². The van der Waals surface area contributed by atoms with Gasteiger partial charge in [0.25, 0.3) is 5.91 Å². The fourth-order valence-electron chi connectivity index (χ4n) is 2.07. The van der Waals surface area contributed by atoms with Crippen LogP contribution in [0, 0.1) is 13.8 Å². The summed E-state index contributed by atoms with van der Waals surface area (Å²) in [5.74, 6) is 4.94. The molecule has 1 amide bonds. The van der Waals surface area contributed by atoms with Gasteiger partial charge in [0.2, 0.25) is 0 Å². The fraction of sp³-hybridized carbons (Fsp3) is 0.267. The maximum Gasteiger partial charge on any atom is 0.275 e. The number of nitrogens with two attached hydrogens (primary N) is 1. The maximum absolute atomic E-state index is 11.5. The van der Waals surface area contributed by atoms with Crippen molar-refractivity contribution in [2.45, 2.75) is 20.4 Å². The molecular weight excluding hydrogens is 270 g/mol. The molecule has 1 aromatic heterocycles. The topological polar surface area (TPSA) is 58.4 Å². The molecule has 0 bridgehead atoms. The Balaban J connectivity index is 2.17. The van der Waals surface area contributed by atoms with Crippen molar-refractivity contribution in [1.29, 1.82) is 0 Å². The van der Waals surface area contributed by atoms with Crippen LogP contribution in [0.15, 0.2) is 30.3 Å². The first-order valence-electron chi connectivity index (χ1n) is 6.39. The standard InChI is InChI=1S/C15H19N3OS/c1-10-5-4-6-13(7-10)18(3)9-12-8-14(15(19)17-16)20-11(12)2/h4-8H,9,16H2,1-3H3,(H,17,19). The van der Waals surface area contributed by atoms with E-state index in [4.69, 9.17) is 5.84 Å². The Morgan fingerprint density at radius 2 is 2.10 bits per heavy atom. The molecule has 2 aromatic rings. The Morgan fingerprint density at radius 3 is 2.75 bits per heavy atom. The molecule has 106 valence electrons. The average Bonchev–Trinajstić information content (AvgIpc) is 2.79. The second kappa shape index (κ2) is 6.07. The highest BCUT2D eigenvalue weighted by Crippen LogP contribution is 2.24. The lowest BCUT2D eigenvalue weighted by Gasteiger charge is -2.19. The summed E-state index contributed by atoms with van der Waals surface area (Å²) >= 11 is 1.47. The smallest absolute Gasteiger partial charge is 0.275 e. The third-order valence-electron chi connectivity index (χ3n) is 3.23. The normalized spacial score (nSPS) is 10.4. The van der Waals surface area contributed by atoms with Crippen LogP contribution in [0.5, 0.6) is 0 Å². The number of aryl methyl sites for hydroxylation is 2. The molecule has 0 radical (unpaired) electrons. The van der Waals surface area contributed by atoms with Crippen LogP contribution in [0.3, 0.4) is 0 Å². The molecular formula is C15H19N3OS. The second-order valence-corrected chi connectivity index (χ2v) is 6.12. The van der Waals surface area contributed by atoms with Crippen molar-refractivity contribution in [3.05, 3.63) is 51.2 Å². The van der Waals surface area contributed by atoms with Crippen molar-refractivity contribution in [2.75, 3.05) is 11.9 Å². The van der Waals surface area contributed by atoms with Crippen molar-refractivity contribution < 1.29 is 4.79 Å². The number of nitrogens with zero attached hydrogens (tertiary/aromatic N) is 1. The third kappa shape index (κ3) is 3.18. The number of amides is 1. The van der Waals surface area contributed by atoms with Gasteiger partial charge in [-0.1, -0.05) is 12.1 Å². The van der Waals surface area contributed by atoms with E-state index in [-0.39, 0.29) is 5.91 Å². The van der Waals surface area contributed by atoms with Crippen LogP contribution in [-0.4, -0.2) is 13.0 Å². The molecule has 0 aliphatic heterocycles. The lowest BCUT2D eigenvalue weighted by molar-refractivity contribution is 0.0957. The quantitative estimate of drug-likeness (QED) is 0.517. The molecule has 0 spiro atoms. The number of hydrazine groups is 1. The molecule has 1 heterocycles. The first kappa shape index (κ1) is 14.6. The SMILES string of the molecule is Cc1cccc(N(C)Cc2cc(C(=O)NN)sc2C)c1. The van der Waals surface area contributed by atoms with Gasteiger partial charge in [-0.05, 0) is 43.2 Å². The minimum Gasteiger partial charge on any atom is -0.370 e. The molecule has 0 atom stereocenters. The Morgan fingerprint density at radius 1 is 1.35 bits per heavy atom. The summed E-state index contributed by atoms with van der Waals surface area (Å²) in [6.07, 6.45) is 0. The predicted molar refractivity (Wildman–Crippen MR) is 84.0 cm³/mol. The third-order valence-corrected chi connectivity index (χ3v) is 4.32. The molecule has 0 saturated heterocycles. The van der Waals surface area contributed by atoms with E-state index in [0.717, 1.165) is 17.0 Å². The highest BCUT2D eigenvalue weighted by Gasteiger charge is 2.13. The van der Waals surface area contributed by atoms with E-state index in [1.807, 2.05) is 13.0 Å². The van der Waals surface area contributed by atoms with Crippen LogP contribution < -0.4 is 16.2 Å². The van der Waals surface area contributed by atoms with Gasteiger partial charge < -0.3 is 4.90 Å². The summed E-state index contributed by atoms with van der Waals surface area (Å²) in [4.78, 5) is 15.5. The van der Waals surface area contributed by atoms with Crippen LogP contribution in [0.25, 0.3) is 0 Å². The number of carbonyl (C=O) groups excluding carboxylic acids is 1. The van der Waals surface area contributed by atoms with Gasteiger partial charge in [0.05, 0.1) is 4.88 Å². The van der Waals surface area contributed by atoms with Gasteiger partial charge in [-0.25, -0.2) is 5.84 Å². The van der Waals surface area contributed by atoms with Gasteiger partial charge in [0.15, 0.2) is 0 Å². The Labute approximate surface area is 123 Å². The molecule has 0 unspecified atom stereocenters. The van der Waals surface area contributed by atoms with Crippen LogP contribution in [0.2, 0.25) is 0 Å². The lowest BCUT2D eigenvalue weighted by Crippen LogP contribution is -2.29. The van der Waals surface area contributed by atoms with Crippen molar-refractivity contribution in [1.82, 2.24) is 5.43 Å². The highest BCUT2D eigenvalue weighted by molar-refractivity contribution is 7.14. The van der Waals surface area contributed by atoms with E-state index in [1.165, 1.54) is 22.6 Å². The maximum atomic E-state index is 11.5. The number of hydrogen-bond acceptors (Lipinski definition) is 4. The zero-order valence-corrected chi connectivity index (χ0v) is 12.8. The molecule has 1 aromatic carbocycles. The van der Waals surface area contributed by atoms with E-state index in [2.05, 4.69) is 48.6 Å². The summed E-state index contributed by atoms with van der Waals surface area (Å²) in [6.45, 7) is 4.87. The Bertz CT molecular complexity index is 621. The summed E-state index contributed by atoms with van der Waals surface area (Å²) in [5, 5.41) is 0. The predicted octanol–water partition coefficient (Wildman–Crippen LogP) is 2.60. The van der Waals surface area contributed by atoms with Crippen LogP contribution in [0.1, 0.15) is 25.7 Å². The first-order chi connectivity index (χ1) is 9.51. The van der Waals surface area contributed by atoms with E-state index >= 15 is 0 Å². The average molecular weight is 289 g/mol. The fourth-order valence-corrected chi connectivity index (χ4v) is 3.01. The van der Waals surface area contributed by atoms with Gasteiger partial charge in [-0.2, -0.15) is 0 Å². The second-order valence-electron chi connectivity index (χ2n) is 4.86. The molecule has 0 aliphatic carbocycles. The number of rotatable bonds is 4. The molecule has 3 N–H and O–H groups in total. The van der Waals surface area contributed by atoms with E-state index in [9.17, 15) is 4.79 Å². The van der Waals surface area contributed by atoms with Crippen LogP contribution >= 0.6 is 11.3 Å². The molecule has 4 nitrogen and oxygen atoms in total. The zero-order chi connectivity index (χ0) is 14.7. The number of carbonyl (C=O) groups is 1. The molecule has 0 fully saturated rings. The van der Waals surface area contributed by atoms with Crippen molar-refractivity contribution >= 4 is 22.9 Å². The highest BCUT2D eigenvalue weighted by atomic mass is 32.1. The van der Waals surface area contributed by atoms with Gasteiger partial charge in [-0.15, -0.1) is 11.3 Å². The van der Waals surface area contributed by atoms with Gasteiger partial charge in [0.1, 0.15) is 0 Å². The minimum absolute atomic E-state index is 0.234. The zero-order valence-electron chi connectivity index (χ0n) is 11.9. The van der Waals surface area contributed by atoms with Gasteiger partial charge in [0, 0.05) is 24.2 Å². The number of anilines is 1. The molecule has 0 saturated carbocycles. The van der Waals surface area contributed by atoms with E-state index < -0.39 is 0 Å². The molecule has 2 rings (SSSR count). The van der Waals surface area contributed by atoms with Crippen molar-refractivity contribution in [3.63, 3.8) is 0 Å². The van der Waals surface area contributed by atoms with Crippen molar-refractivity contribution in [3.8, 4) is 0 Å². The van der Waals surface area contributed by atoms with Crippen molar-refractivity contribution in [2.24, 2.45) is 5.84 Å². The van der Waals surface area contributed by atoms with Crippen LogP contribution in [0.4, 0.5) is 5.69 Å². The summed E-state index contributed by atoms with van der Waals surface area (Å²) < 4.78 is 0. The number of thiophene rings is 1. The van der Waals surface area contributed by atoms with E-state index in [0.29, 0.717) is 4.88 Å².